The van der Waals surface area contributed by atoms with E-state index in [1.807, 2.05) is 38.1 Å². The number of thiophene rings is 1. The highest BCUT2D eigenvalue weighted by molar-refractivity contribution is 7.18. The lowest BCUT2D eigenvalue weighted by Gasteiger charge is -2.09. The first-order valence-corrected chi connectivity index (χ1v) is 8.28. The van der Waals surface area contributed by atoms with E-state index in [0.717, 1.165) is 39.7 Å². The number of nitrogens with zero attached hydrogens (tertiary/aromatic N) is 2. The molecule has 3 aromatic rings. The molecule has 0 spiro atoms. The number of hydrogen-bond acceptors (Lipinski definition) is 5. The number of hydrogen-bond donors (Lipinski definition) is 1. The molecule has 2 heterocycles. The highest BCUT2D eigenvalue weighted by Crippen LogP contribution is 2.31. The molecule has 0 aliphatic carbocycles. The predicted molar refractivity (Wildman–Crippen MR) is 92.4 cm³/mol. The lowest BCUT2D eigenvalue weighted by Crippen LogP contribution is -1.98. The van der Waals surface area contributed by atoms with Crippen LogP contribution < -0.4 is 10.1 Å². The Labute approximate surface area is 134 Å². The molecule has 2 aromatic heterocycles. The smallest absolute Gasteiger partial charge is 0.142 e. The fourth-order valence-corrected chi connectivity index (χ4v) is 3.30. The standard InChI is InChI=1S/C17H19N3OS/c1-4-14-10-15-16(18-11(3)19-17(15)22-14)20-12-6-8-13(9-7-12)21-5-2/h6-10H,4-5H2,1-3H3,(H,18,19,20). The van der Waals surface area contributed by atoms with E-state index in [1.54, 1.807) is 11.3 Å². The Morgan fingerprint density at radius 3 is 2.59 bits per heavy atom. The number of aromatic nitrogens is 2. The Morgan fingerprint density at radius 1 is 1.14 bits per heavy atom. The van der Waals surface area contributed by atoms with Crippen molar-refractivity contribution in [1.82, 2.24) is 9.97 Å². The third-order valence-corrected chi connectivity index (χ3v) is 4.51. The largest absolute Gasteiger partial charge is 0.494 e. The SMILES string of the molecule is CCOc1ccc(Nc2nc(C)nc3sc(CC)cc23)cc1. The summed E-state index contributed by atoms with van der Waals surface area (Å²) in [5, 5.41) is 4.48. The van der Waals surface area contributed by atoms with Crippen molar-refractivity contribution in [2.45, 2.75) is 27.2 Å². The van der Waals surface area contributed by atoms with Crippen LogP contribution in [0.15, 0.2) is 30.3 Å². The van der Waals surface area contributed by atoms with Crippen molar-refractivity contribution >= 4 is 33.1 Å². The fourth-order valence-electron chi connectivity index (χ4n) is 2.29. The zero-order chi connectivity index (χ0) is 15.5. The molecule has 114 valence electrons. The number of ether oxygens (including phenoxy) is 1. The van der Waals surface area contributed by atoms with Gasteiger partial charge < -0.3 is 10.1 Å². The number of rotatable bonds is 5. The topological polar surface area (TPSA) is 47.0 Å². The molecule has 0 aliphatic heterocycles. The van der Waals surface area contributed by atoms with E-state index >= 15 is 0 Å². The molecule has 4 nitrogen and oxygen atoms in total. The van der Waals surface area contributed by atoms with Crippen LogP contribution in [0.25, 0.3) is 10.2 Å². The average molecular weight is 313 g/mol. The molecule has 0 radical (unpaired) electrons. The zero-order valence-electron chi connectivity index (χ0n) is 13.0. The minimum atomic E-state index is 0.674. The van der Waals surface area contributed by atoms with Gasteiger partial charge in [0.15, 0.2) is 0 Å². The van der Waals surface area contributed by atoms with E-state index in [4.69, 9.17) is 4.74 Å². The van der Waals surface area contributed by atoms with Crippen LogP contribution in [0.1, 0.15) is 24.5 Å². The van der Waals surface area contributed by atoms with Gasteiger partial charge in [-0.25, -0.2) is 9.97 Å². The molecule has 0 amide bonds. The Kier molecular flexibility index (Phi) is 4.24. The number of fused-ring (bicyclic) bond motifs is 1. The highest BCUT2D eigenvalue weighted by atomic mass is 32.1. The summed E-state index contributed by atoms with van der Waals surface area (Å²) in [5.41, 5.74) is 0.993. The Hall–Kier alpha value is -2.14. The molecule has 5 heteroatoms. The number of benzene rings is 1. The molecule has 22 heavy (non-hydrogen) atoms. The van der Waals surface area contributed by atoms with Crippen LogP contribution >= 0.6 is 11.3 Å². The van der Waals surface area contributed by atoms with Gasteiger partial charge in [-0.1, -0.05) is 6.92 Å². The summed E-state index contributed by atoms with van der Waals surface area (Å²) in [6.07, 6.45) is 1.02. The maximum absolute atomic E-state index is 5.47. The number of nitrogens with one attached hydrogen (secondary N) is 1. The van der Waals surface area contributed by atoms with E-state index in [0.29, 0.717) is 6.61 Å². The highest BCUT2D eigenvalue weighted by Gasteiger charge is 2.10. The van der Waals surface area contributed by atoms with Crippen molar-refractivity contribution < 1.29 is 4.74 Å². The van der Waals surface area contributed by atoms with Crippen molar-refractivity contribution in [3.05, 3.63) is 41.0 Å². The molecule has 3 rings (SSSR count). The van der Waals surface area contributed by atoms with Crippen LogP contribution in [-0.2, 0) is 6.42 Å². The fraction of sp³-hybridized carbons (Fsp3) is 0.294. The summed E-state index contributed by atoms with van der Waals surface area (Å²) >= 11 is 1.73. The van der Waals surface area contributed by atoms with Crippen LogP contribution in [0.3, 0.4) is 0 Å². The molecule has 0 fully saturated rings. The average Bonchev–Trinajstić information content (AvgIpc) is 2.92. The summed E-state index contributed by atoms with van der Waals surface area (Å²) in [7, 11) is 0. The van der Waals surface area contributed by atoms with Gasteiger partial charge in [0, 0.05) is 10.6 Å². The summed E-state index contributed by atoms with van der Waals surface area (Å²) in [5.74, 6) is 2.52. The summed E-state index contributed by atoms with van der Waals surface area (Å²) in [6.45, 7) is 6.74. The maximum Gasteiger partial charge on any atom is 0.142 e. The van der Waals surface area contributed by atoms with Gasteiger partial charge in [0.05, 0.1) is 12.0 Å². The van der Waals surface area contributed by atoms with Gasteiger partial charge in [0.1, 0.15) is 22.2 Å². The molecular formula is C17H19N3OS. The van der Waals surface area contributed by atoms with Crippen LogP contribution in [0, 0.1) is 6.92 Å². The Morgan fingerprint density at radius 2 is 1.91 bits per heavy atom. The molecular weight excluding hydrogens is 294 g/mol. The van der Waals surface area contributed by atoms with Gasteiger partial charge in [-0.3, -0.25) is 0 Å². The van der Waals surface area contributed by atoms with Crippen LogP contribution in [0.5, 0.6) is 5.75 Å². The van der Waals surface area contributed by atoms with Crippen molar-refractivity contribution in [2.75, 3.05) is 11.9 Å². The van der Waals surface area contributed by atoms with Crippen molar-refractivity contribution in [3.8, 4) is 5.75 Å². The second kappa shape index (κ2) is 6.32. The van der Waals surface area contributed by atoms with Crippen LogP contribution in [-0.4, -0.2) is 16.6 Å². The summed E-state index contributed by atoms with van der Waals surface area (Å²) in [6, 6.07) is 10.1. The second-order valence-electron chi connectivity index (χ2n) is 4.99. The monoisotopic (exact) mass is 313 g/mol. The van der Waals surface area contributed by atoms with E-state index in [9.17, 15) is 0 Å². The first kappa shape index (κ1) is 14.8. The Bertz CT molecular complexity index is 780. The van der Waals surface area contributed by atoms with Crippen LogP contribution in [0.4, 0.5) is 11.5 Å². The quantitative estimate of drug-likeness (QED) is 0.741. The van der Waals surface area contributed by atoms with E-state index in [1.165, 1.54) is 4.88 Å². The van der Waals surface area contributed by atoms with Crippen LogP contribution in [0.2, 0.25) is 0 Å². The lowest BCUT2D eigenvalue weighted by molar-refractivity contribution is 0.340. The zero-order valence-corrected chi connectivity index (χ0v) is 13.8. The van der Waals surface area contributed by atoms with Gasteiger partial charge in [-0.15, -0.1) is 11.3 Å². The predicted octanol–water partition coefficient (Wildman–Crippen LogP) is 4.70. The van der Waals surface area contributed by atoms with Gasteiger partial charge in [-0.2, -0.15) is 0 Å². The minimum Gasteiger partial charge on any atom is -0.494 e. The third-order valence-electron chi connectivity index (χ3n) is 3.33. The molecule has 0 unspecified atom stereocenters. The third kappa shape index (κ3) is 3.04. The molecule has 0 saturated carbocycles. The minimum absolute atomic E-state index is 0.674. The molecule has 0 bridgehead atoms. The van der Waals surface area contributed by atoms with Gasteiger partial charge in [0.25, 0.3) is 0 Å². The molecule has 0 aliphatic rings. The van der Waals surface area contributed by atoms with Crippen molar-refractivity contribution in [1.29, 1.82) is 0 Å². The summed E-state index contributed by atoms with van der Waals surface area (Å²) in [4.78, 5) is 11.5. The number of aryl methyl sites for hydroxylation is 2. The first-order valence-electron chi connectivity index (χ1n) is 7.46. The van der Waals surface area contributed by atoms with Crippen molar-refractivity contribution in [2.24, 2.45) is 0 Å². The van der Waals surface area contributed by atoms with Gasteiger partial charge in [0.2, 0.25) is 0 Å². The molecule has 0 atom stereocenters. The Balaban J connectivity index is 1.93. The maximum atomic E-state index is 5.47. The summed E-state index contributed by atoms with van der Waals surface area (Å²) < 4.78 is 5.47. The van der Waals surface area contributed by atoms with E-state index < -0.39 is 0 Å². The first-order chi connectivity index (χ1) is 10.7. The molecule has 0 saturated heterocycles. The van der Waals surface area contributed by atoms with Gasteiger partial charge in [-0.05, 0) is 50.6 Å². The molecule has 1 N–H and O–H groups in total. The molecule has 1 aromatic carbocycles. The lowest BCUT2D eigenvalue weighted by atomic mass is 10.2. The number of anilines is 2. The van der Waals surface area contributed by atoms with Gasteiger partial charge >= 0.3 is 0 Å². The second-order valence-corrected chi connectivity index (χ2v) is 6.10. The van der Waals surface area contributed by atoms with Crippen molar-refractivity contribution in [3.63, 3.8) is 0 Å². The van der Waals surface area contributed by atoms with E-state index in [-0.39, 0.29) is 0 Å². The normalized spacial score (nSPS) is 10.9. The van der Waals surface area contributed by atoms with E-state index in [2.05, 4.69) is 28.3 Å².